The van der Waals surface area contributed by atoms with Gasteiger partial charge in [-0.2, -0.15) is 0 Å². The van der Waals surface area contributed by atoms with Gasteiger partial charge in [-0.3, -0.25) is 4.90 Å². The first kappa shape index (κ1) is 17.3. The molecule has 0 bridgehead atoms. The van der Waals surface area contributed by atoms with Crippen molar-refractivity contribution in [3.05, 3.63) is 0 Å². The van der Waals surface area contributed by atoms with Crippen molar-refractivity contribution in [2.24, 2.45) is 11.3 Å². The highest BCUT2D eigenvalue weighted by Gasteiger charge is 2.39. The third-order valence-electron chi connectivity index (χ3n) is 6.02. The zero-order valence-electron chi connectivity index (χ0n) is 15.1. The third-order valence-corrected chi connectivity index (χ3v) is 6.02. The normalized spacial score (nSPS) is 36.9. The van der Waals surface area contributed by atoms with Gasteiger partial charge in [0.25, 0.3) is 0 Å². The van der Waals surface area contributed by atoms with E-state index < -0.39 is 0 Å². The van der Waals surface area contributed by atoms with E-state index in [1.165, 1.54) is 57.9 Å². The van der Waals surface area contributed by atoms with Crippen molar-refractivity contribution in [3.63, 3.8) is 0 Å². The van der Waals surface area contributed by atoms with Gasteiger partial charge >= 0.3 is 0 Å². The van der Waals surface area contributed by atoms with Crippen LogP contribution in [0.2, 0.25) is 0 Å². The minimum atomic E-state index is 0.517. The summed E-state index contributed by atoms with van der Waals surface area (Å²) in [7, 11) is 2.41. The molecule has 2 heteroatoms. The number of rotatable bonds is 5. The maximum atomic E-state index is 3.85. The first-order valence-electron chi connectivity index (χ1n) is 9.38. The molecule has 0 heterocycles. The van der Waals surface area contributed by atoms with Gasteiger partial charge in [0.15, 0.2) is 0 Å². The Kier molecular flexibility index (Phi) is 6.14. The molecule has 0 radical (unpaired) electrons. The van der Waals surface area contributed by atoms with Crippen LogP contribution in [0, 0.1) is 11.3 Å². The van der Waals surface area contributed by atoms with Crippen LogP contribution in [-0.4, -0.2) is 36.6 Å². The first-order chi connectivity index (χ1) is 9.93. The summed E-state index contributed by atoms with van der Waals surface area (Å²) in [4.78, 5) is 2.77. The Morgan fingerprint density at radius 2 is 1.95 bits per heavy atom. The summed E-state index contributed by atoms with van der Waals surface area (Å²) in [6.07, 6.45) is 11.0. The second-order valence-corrected chi connectivity index (χ2v) is 8.63. The van der Waals surface area contributed by atoms with Gasteiger partial charge in [-0.05, 0) is 63.5 Å². The molecule has 0 aromatic carbocycles. The molecule has 0 aromatic rings. The number of nitrogens with zero attached hydrogens (tertiary/aromatic N) is 1. The van der Waals surface area contributed by atoms with E-state index in [4.69, 9.17) is 0 Å². The first-order valence-corrected chi connectivity index (χ1v) is 9.38. The van der Waals surface area contributed by atoms with Crippen molar-refractivity contribution in [2.45, 2.75) is 97.2 Å². The van der Waals surface area contributed by atoms with Crippen molar-refractivity contribution >= 4 is 0 Å². The predicted octanol–water partition coefficient (Wildman–Crippen LogP) is 4.44. The smallest absolute Gasteiger partial charge is 0.0254 e. The standard InChI is InChI=1S/C19H38N2/c1-6-12-20-17-10-11-19(3,4)14-18(17)21(5)16-9-7-8-15(2)13-16/h15-18,20H,6-14H2,1-5H3. The molecule has 4 atom stereocenters. The van der Waals surface area contributed by atoms with Crippen LogP contribution >= 0.6 is 0 Å². The molecule has 124 valence electrons. The van der Waals surface area contributed by atoms with E-state index in [0.29, 0.717) is 11.5 Å². The summed E-state index contributed by atoms with van der Waals surface area (Å²) in [5.74, 6) is 0.921. The highest BCUT2D eigenvalue weighted by Crippen LogP contribution is 2.39. The SMILES string of the molecule is CCCNC1CCC(C)(C)CC1N(C)C1CCCC(C)C1. The lowest BCUT2D eigenvalue weighted by atomic mass is 9.71. The zero-order chi connectivity index (χ0) is 15.5. The van der Waals surface area contributed by atoms with Gasteiger partial charge in [-0.25, -0.2) is 0 Å². The predicted molar refractivity (Wildman–Crippen MR) is 92.7 cm³/mol. The van der Waals surface area contributed by atoms with E-state index >= 15 is 0 Å². The molecule has 0 amide bonds. The van der Waals surface area contributed by atoms with Crippen molar-refractivity contribution in [3.8, 4) is 0 Å². The summed E-state index contributed by atoms with van der Waals surface area (Å²) < 4.78 is 0. The topological polar surface area (TPSA) is 15.3 Å². The summed E-state index contributed by atoms with van der Waals surface area (Å²) in [6, 6.07) is 2.26. The summed E-state index contributed by atoms with van der Waals surface area (Å²) >= 11 is 0. The molecule has 2 nitrogen and oxygen atoms in total. The fourth-order valence-corrected chi connectivity index (χ4v) is 4.59. The van der Waals surface area contributed by atoms with E-state index in [0.717, 1.165) is 18.0 Å². The van der Waals surface area contributed by atoms with E-state index in [9.17, 15) is 0 Å². The van der Waals surface area contributed by atoms with Crippen molar-refractivity contribution < 1.29 is 0 Å². The van der Waals surface area contributed by atoms with Crippen LogP contribution in [0.15, 0.2) is 0 Å². The van der Waals surface area contributed by atoms with Crippen LogP contribution in [0.5, 0.6) is 0 Å². The fourth-order valence-electron chi connectivity index (χ4n) is 4.59. The molecule has 2 aliphatic rings. The highest BCUT2D eigenvalue weighted by molar-refractivity contribution is 4.96. The number of hydrogen-bond acceptors (Lipinski definition) is 2. The Balaban J connectivity index is 2.02. The Labute approximate surface area is 133 Å². The molecule has 0 saturated heterocycles. The van der Waals surface area contributed by atoms with E-state index in [1.54, 1.807) is 0 Å². The van der Waals surface area contributed by atoms with Crippen molar-refractivity contribution in [2.75, 3.05) is 13.6 Å². The molecule has 0 aliphatic heterocycles. The molecule has 4 unspecified atom stereocenters. The lowest BCUT2D eigenvalue weighted by Gasteiger charge is -2.48. The Bertz CT molecular complexity index is 313. The Morgan fingerprint density at radius 3 is 2.62 bits per heavy atom. The lowest BCUT2D eigenvalue weighted by Crippen LogP contribution is -2.56. The maximum absolute atomic E-state index is 3.85. The molecule has 2 fully saturated rings. The van der Waals surface area contributed by atoms with Gasteiger partial charge in [0.05, 0.1) is 0 Å². The van der Waals surface area contributed by atoms with Crippen molar-refractivity contribution in [1.82, 2.24) is 10.2 Å². The van der Waals surface area contributed by atoms with Crippen LogP contribution in [0.4, 0.5) is 0 Å². The molecule has 21 heavy (non-hydrogen) atoms. The van der Waals surface area contributed by atoms with Crippen LogP contribution < -0.4 is 5.32 Å². The van der Waals surface area contributed by atoms with Gasteiger partial charge in [-0.15, -0.1) is 0 Å². The van der Waals surface area contributed by atoms with Gasteiger partial charge in [0.1, 0.15) is 0 Å². The second kappa shape index (κ2) is 7.46. The zero-order valence-corrected chi connectivity index (χ0v) is 15.1. The summed E-state index contributed by atoms with van der Waals surface area (Å²) in [5.41, 5.74) is 0.517. The molecular formula is C19H38N2. The van der Waals surface area contributed by atoms with Gasteiger partial charge < -0.3 is 5.32 Å². The second-order valence-electron chi connectivity index (χ2n) is 8.63. The number of likely N-dealkylation sites (N-methyl/N-ethyl adjacent to an activating group) is 1. The molecule has 0 aromatic heterocycles. The molecule has 2 rings (SSSR count). The third kappa shape index (κ3) is 4.69. The Morgan fingerprint density at radius 1 is 1.19 bits per heavy atom. The quantitative estimate of drug-likeness (QED) is 0.806. The monoisotopic (exact) mass is 294 g/mol. The van der Waals surface area contributed by atoms with Crippen LogP contribution in [0.25, 0.3) is 0 Å². The molecule has 1 N–H and O–H groups in total. The van der Waals surface area contributed by atoms with Gasteiger partial charge in [-0.1, -0.05) is 40.5 Å². The van der Waals surface area contributed by atoms with Crippen LogP contribution in [0.1, 0.15) is 79.1 Å². The minimum Gasteiger partial charge on any atom is -0.312 e. The number of nitrogens with one attached hydrogen (secondary N) is 1. The Hall–Kier alpha value is -0.0800. The van der Waals surface area contributed by atoms with E-state index in [-0.39, 0.29) is 0 Å². The van der Waals surface area contributed by atoms with Gasteiger partial charge in [0, 0.05) is 18.1 Å². The average molecular weight is 295 g/mol. The van der Waals surface area contributed by atoms with E-state index in [1.807, 2.05) is 0 Å². The van der Waals surface area contributed by atoms with E-state index in [2.05, 4.69) is 45.0 Å². The maximum Gasteiger partial charge on any atom is 0.0254 e. The van der Waals surface area contributed by atoms with Crippen LogP contribution in [-0.2, 0) is 0 Å². The average Bonchev–Trinajstić information content (AvgIpc) is 2.44. The summed E-state index contributed by atoms with van der Waals surface area (Å²) in [6.45, 7) is 10.8. The molecular weight excluding hydrogens is 256 g/mol. The molecule has 2 saturated carbocycles. The summed E-state index contributed by atoms with van der Waals surface area (Å²) in [5, 5.41) is 3.85. The fraction of sp³-hybridized carbons (Fsp3) is 1.00. The minimum absolute atomic E-state index is 0.517. The van der Waals surface area contributed by atoms with Crippen molar-refractivity contribution in [1.29, 1.82) is 0 Å². The largest absolute Gasteiger partial charge is 0.312 e. The lowest BCUT2D eigenvalue weighted by molar-refractivity contribution is 0.0363. The molecule has 0 spiro atoms. The highest BCUT2D eigenvalue weighted by atomic mass is 15.2. The van der Waals surface area contributed by atoms with Crippen LogP contribution in [0.3, 0.4) is 0 Å². The van der Waals surface area contributed by atoms with Gasteiger partial charge in [0.2, 0.25) is 0 Å². The number of hydrogen-bond donors (Lipinski definition) is 1. The molecule has 2 aliphatic carbocycles.